The van der Waals surface area contributed by atoms with Crippen molar-refractivity contribution in [3.05, 3.63) is 76.5 Å². The first kappa shape index (κ1) is 23.3. The SMILES string of the molecule is CCOCCOc1ccc(S(=O)(=O)N(Cc2cccs2)Cc2ccccc2OC)cc1. The first-order chi connectivity index (χ1) is 15.0. The summed E-state index contributed by atoms with van der Waals surface area (Å²) in [7, 11) is -2.16. The molecule has 0 saturated carbocycles. The molecule has 6 nitrogen and oxygen atoms in total. The molecule has 0 spiro atoms. The van der Waals surface area contributed by atoms with Gasteiger partial charge in [0.2, 0.25) is 10.0 Å². The molecule has 3 rings (SSSR count). The van der Waals surface area contributed by atoms with Crippen LogP contribution in [0.2, 0.25) is 0 Å². The van der Waals surface area contributed by atoms with Crippen molar-refractivity contribution in [2.75, 3.05) is 26.9 Å². The van der Waals surface area contributed by atoms with E-state index in [2.05, 4.69) is 0 Å². The molecule has 0 aliphatic heterocycles. The molecule has 31 heavy (non-hydrogen) atoms. The molecule has 0 unspecified atom stereocenters. The molecule has 0 fully saturated rings. The van der Waals surface area contributed by atoms with Gasteiger partial charge in [-0.2, -0.15) is 4.31 Å². The minimum absolute atomic E-state index is 0.205. The molecule has 0 amide bonds. The predicted molar refractivity (Wildman–Crippen MR) is 122 cm³/mol. The zero-order valence-corrected chi connectivity index (χ0v) is 19.3. The van der Waals surface area contributed by atoms with Gasteiger partial charge in [0.25, 0.3) is 0 Å². The van der Waals surface area contributed by atoms with E-state index in [9.17, 15) is 8.42 Å². The molecule has 8 heteroatoms. The molecule has 2 aromatic carbocycles. The average Bonchev–Trinajstić information content (AvgIpc) is 3.30. The average molecular weight is 462 g/mol. The summed E-state index contributed by atoms with van der Waals surface area (Å²) in [5.41, 5.74) is 0.806. The Morgan fingerprint density at radius 3 is 2.39 bits per heavy atom. The van der Waals surface area contributed by atoms with E-state index >= 15 is 0 Å². The van der Waals surface area contributed by atoms with Crippen molar-refractivity contribution in [1.82, 2.24) is 4.31 Å². The van der Waals surface area contributed by atoms with Crippen LogP contribution in [0.3, 0.4) is 0 Å². The number of methoxy groups -OCH3 is 1. The summed E-state index contributed by atoms with van der Waals surface area (Å²) in [4.78, 5) is 1.19. The number of hydrogen-bond donors (Lipinski definition) is 0. The van der Waals surface area contributed by atoms with E-state index in [4.69, 9.17) is 14.2 Å². The van der Waals surface area contributed by atoms with Crippen molar-refractivity contribution >= 4 is 21.4 Å². The van der Waals surface area contributed by atoms with Crippen LogP contribution in [0.4, 0.5) is 0 Å². The van der Waals surface area contributed by atoms with Gasteiger partial charge in [-0.15, -0.1) is 11.3 Å². The first-order valence-corrected chi connectivity index (χ1v) is 12.3. The normalized spacial score (nSPS) is 11.6. The van der Waals surface area contributed by atoms with Crippen LogP contribution in [0.1, 0.15) is 17.4 Å². The van der Waals surface area contributed by atoms with Crippen molar-refractivity contribution < 1.29 is 22.6 Å². The minimum atomic E-state index is -3.74. The van der Waals surface area contributed by atoms with Crippen LogP contribution in [-0.2, 0) is 27.8 Å². The van der Waals surface area contributed by atoms with E-state index in [1.165, 1.54) is 15.6 Å². The number of sulfonamides is 1. The summed E-state index contributed by atoms with van der Waals surface area (Å²) in [6.07, 6.45) is 0. The van der Waals surface area contributed by atoms with Crippen molar-refractivity contribution in [1.29, 1.82) is 0 Å². The molecule has 1 heterocycles. The van der Waals surface area contributed by atoms with Crippen LogP contribution < -0.4 is 9.47 Å². The summed E-state index contributed by atoms with van der Waals surface area (Å²) in [6.45, 7) is 3.95. The monoisotopic (exact) mass is 461 g/mol. The van der Waals surface area contributed by atoms with Crippen LogP contribution >= 0.6 is 11.3 Å². The summed E-state index contributed by atoms with van der Waals surface area (Å²) < 4.78 is 44.8. The van der Waals surface area contributed by atoms with E-state index in [1.807, 2.05) is 48.7 Å². The topological polar surface area (TPSA) is 65.1 Å². The van der Waals surface area contributed by atoms with Gasteiger partial charge in [0.1, 0.15) is 18.1 Å². The second-order valence-corrected chi connectivity index (χ2v) is 9.65. The Kier molecular flexibility index (Phi) is 8.48. The summed E-state index contributed by atoms with van der Waals surface area (Å²) in [6, 6.07) is 17.8. The zero-order chi connectivity index (χ0) is 22.1. The molecule has 0 saturated heterocycles. The number of benzene rings is 2. The van der Waals surface area contributed by atoms with Gasteiger partial charge in [0, 0.05) is 30.1 Å². The molecule has 0 atom stereocenters. The Balaban J connectivity index is 1.83. The van der Waals surface area contributed by atoms with Gasteiger partial charge in [-0.05, 0) is 48.7 Å². The van der Waals surface area contributed by atoms with E-state index in [0.717, 1.165) is 10.4 Å². The maximum atomic E-state index is 13.5. The molecule has 3 aromatic rings. The molecular formula is C23H27NO5S2. The smallest absolute Gasteiger partial charge is 0.243 e. The molecule has 0 N–H and O–H groups in total. The number of para-hydroxylation sites is 1. The second-order valence-electron chi connectivity index (χ2n) is 6.68. The van der Waals surface area contributed by atoms with Gasteiger partial charge < -0.3 is 14.2 Å². The molecule has 1 aromatic heterocycles. The Hall–Kier alpha value is -2.39. The molecule has 0 radical (unpaired) electrons. The molecule has 0 aliphatic carbocycles. The van der Waals surface area contributed by atoms with Crippen LogP contribution in [0.25, 0.3) is 0 Å². The fourth-order valence-electron chi connectivity index (χ4n) is 3.05. The third-order valence-corrected chi connectivity index (χ3v) is 7.28. The van der Waals surface area contributed by atoms with E-state index in [-0.39, 0.29) is 18.0 Å². The maximum absolute atomic E-state index is 13.5. The molecular weight excluding hydrogens is 434 g/mol. The van der Waals surface area contributed by atoms with Crippen molar-refractivity contribution in [2.45, 2.75) is 24.9 Å². The highest BCUT2D eigenvalue weighted by Crippen LogP contribution is 2.27. The lowest BCUT2D eigenvalue weighted by atomic mass is 10.2. The summed E-state index contributed by atoms with van der Waals surface area (Å²) >= 11 is 1.53. The predicted octanol–water partition coefficient (Wildman–Crippen LogP) is 4.56. The fourth-order valence-corrected chi connectivity index (χ4v) is 5.24. The Morgan fingerprint density at radius 2 is 1.71 bits per heavy atom. The van der Waals surface area contributed by atoms with Gasteiger partial charge >= 0.3 is 0 Å². The zero-order valence-electron chi connectivity index (χ0n) is 17.7. The van der Waals surface area contributed by atoms with Gasteiger partial charge in [-0.3, -0.25) is 0 Å². The lowest BCUT2D eigenvalue weighted by Crippen LogP contribution is -2.30. The Morgan fingerprint density at radius 1 is 0.935 bits per heavy atom. The highest BCUT2D eigenvalue weighted by molar-refractivity contribution is 7.89. The molecule has 0 bridgehead atoms. The van der Waals surface area contributed by atoms with Gasteiger partial charge in [-0.1, -0.05) is 24.3 Å². The van der Waals surface area contributed by atoms with E-state index in [1.54, 1.807) is 31.4 Å². The van der Waals surface area contributed by atoms with E-state index in [0.29, 0.717) is 31.3 Å². The largest absolute Gasteiger partial charge is 0.496 e. The second kappa shape index (κ2) is 11.3. The third kappa shape index (κ3) is 6.30. The Labute approximate surface area is 188 Å². The van der Waals surface area contributed by atoms with E-state index < -0.39 is 10.0 Å². The number of rotatable bonds is 12. The maximum Gasteiger partial charge on any atom is 0.243 e. The van der Waals surface area contributed by atoms with Crippen molar-refractivity contribution in [2.24, 2.45) is 0 Å². The van der Waals surface area contributed by atoms with Gasteiger partial charge in [0.15, 0.2) is 0 Å². The number of hydrogen-bond acceptors (Lipinski definition) is 6. The summed E-state index contributed by atoms with van der Waals surface area (Å²) in [5.74, 6) is 1.26. The summed E-state index contributed by atoms with van der Waals surface area (Å²) in [5, 5.41) is 1.94. The van der Waals surface area contributed by atoms with Crippen molar-refractivity contribution in [3.63, 3.8) is 0 Å². The van der Waals surface area contributed by atoms with Crippen LogP contribution in [0.15, 0.2) is 70.9 Å². The van der Waals surface area contributed by atoms with Gasteiger partial charge in [-0.25, -0.2) is 8.42 Å². The highest BCUT2D eigenvalue weighted by atomic mass is 32.2. The lowest BCUT2D eigenvalue weighted by molar-refractivity contribution is 0.110. The molecule has 166 valence electrons. The van der Waals surface area contributed by atoms with Gasteiger partial charge in [0.05, 0.1) is 18.6 Å². The van der Waals surface area contributed by atoms with Crippen LogP contribution in [0.5, 0.6) is 11.5 Å². The quantitative estimate of drug-likeness (QED) is 0.370. The number of thiophene rings is 1. The number of ether oxygens (including phenoxy) is 3. The standard InChI is InChI=1S/C23H27NO5S2/c1-3-28-14-15-29-20-10-12-22(13-11-20)31(25,26)24(18-21-8-6-16-30-21)17-19-7-4-5-9-23(19)27-2/h4-13,16H,3,14-15,17-18H2,1-2H3. The van der Waals surface area contributed by atoms with Crippen LogP contribution in [-0.4, -0.2) is 39.7 Å². The fraction of sp³-hybridized carbons (Fsp3) is 0.304. The third-order valence-electron chi connectivity index (χ3n) is 4.61. The lowest BCUT2D eigenvalue weighted by Gasteiger charge is -2.23. The number of nitrogens with zero attached hydrogens (tertiary/aromatic N) is 1. The highest BCUT2D eigenvalue weighted by Gasteiger charge is 2.26. The first-order valence-electron chi connectivity index (χ1n) is 9.99. The Bertz CT molecular complexity index is 1030. The van der Waals surface area contributed by atoms with Crippen LogP contribution in [0, 0.1) is 0 Å². The minimum Gasteiger partial charge on any atom is -0.496 e. The van der Waals surface area contributed by atoms with Crippen molar-refractivity contribution in [3.8, 4) is 11.5 Å². The molecule has 0 aliphatic rings.